The Morgan fingerprint density at radius 3 is 2.81 bits per heavy atom. The number of hydrazone groups is 1. The fourth-order valence-corrected chi connectivity index (χ4v) is 3.48. The van der Waals surface area contributed by atoms with Gasteiger partial charge in [-0.05, 0) is 40.3 Å². The van der Waals surface area contributed by atoms with Crippen molar-refractivity contribution in [3.63, 3.8) is 0 Å². The third-order valence-corrected chi connectivity index (χ3v) is 4.86. The highest BCUT2D eigenvalue weighted by molar-refractivity contribution is 14.1. The molecule has 0 unspecified atom stereocenters. The summed E-state index contributed by atoms with van der Waals surface area (Å²) < 4.78 is 11.9. The molecule has 2 N–H and O–H groups in total. The van der Waals surface area contributed by atoms with Crippen LogP contribution in [0.3, 0.4) is 0 Å². The maximum Gasteiger partial charge on any atom is 0.270 e. The average Bonchev–Trinajstić information content (AvgIpc) is 2.78. The first-order valence-electron chi connectivity index (χ1n) is 9.07. The normalized spacial score (nSPS) is 10.5. The summed E-state index contributed by atoms with van der Waals surface area (Å²) in [5.41, 5.74) is 3.79. The third kappa shape index (κ3) is 5.29. The third-order valence-electron chi connectivity index (χ3n) is 4.06. The zero-order valence-corrected chi connectivity index (χ0v) is 18.7. The number of ether oxygens (including phenoxy) is 2. The largest absolute Gasteiger partial charge is 0.493 e. The van der Waals surface area contributed by atoms with Gasteiger partial charge in [0.05, 0.1) is 22.6 Å². The SMILES string of the molecule is C=CCOc1c(I)cc(C=NNc2nc(-c3ccccc3)c(C#N)c(=O)[nH]2)cc1OC. The molecule has 0 fully saturated rings. The molecule has 0 aliphatic rings. The number of nitriles is 1. The second-order valence-corrected chi connectivity index (χ2v) is 7.28. The molecule has 1 aromatic heterocycles. The molecule has 156 valence electrons. The standard InChI is InChI=1S/C22H18IN5O3/c1-3-9-31-20-17(23)10-14(11-18(20)30-2)13-25-28-22-26-19(15-7-5-4-6-8-15)16(12-24)21(29)27-22/h3-8,10-11,13H,1,9H2,2H3,(H2,26,27,28,29). The second-order valence-electron chi connectivity index (χ2n) is 6.12. The van der Waals surface area contributed by atoms with E-state index in [0.717, 1.165) is 9.13 Å². The van der Waals surface area contributed by atoms with E-state index in [1.54, 1.807) is 37.6 Å². The lowest BCUT2D eigenvalue weighted by atomic mass is 10.1. The quantitative estimate of drug-likeness (QED) is 0.199. The van der Waals surface area contributed by atoms with E-state index >= 15 is 0 Å². The smallest absolute Gasteiger partial charge is 0.270 e. The van der Waals surface area contributed by atoms with Gasteiger partial charge in [-0.2, -0.15) is 10.4 Å². The Morgan fingerprint density at radius 2 is 2.13 bits per heavy atom. The molecule has 0 saturated carbocycles. The molecular formula is C22H18IN5O3. The highest BCUT2D eigenvalue weighted by atomic mass is 127. The van der Waals surface area contributed by atoms with Crippen LogP contribution in [0.25, 0.3) is 11.3 Å². The monoisotopic (exact) mass is 527 g/mol. The van der Waals surface area contributed by atoms with Crippen molar-refractivity contribution in [1.82, 2.24) is 9.97 Å². The minimum atomic E-state index is -0.547. The molecule has 0 spiro atoms. The van der Waals surface area contributed by atoms with E-state index in [9.17, 15) is 10.1 Å². The van der Waals surface area contributed by atoms with Gasteiger partial charge in [0.15, 0.2) is 11.5 Å². The van der Waals surface area contributed by atoms with E-state index in [0.29, 0.717) is 23.7 Å². The van der Waals surface area contributed by atoms with Crippen molar-refractivity contribution in [3.8, 4) is 28.8 Å². The molecule has 0 amide bonds. The van der Waals surface area contributed by atoms with Crippen LogP contribution >= 0.6 is 22.6 Å². The lowest BCUT2D eigenvalue weighted by Crippen LogP contribution is -2.16. The zero-order valence-electron chi connectivity index (χ0n) is 16.6. The number of anilines is 1. The second kappa shape index (κ2) is 10.4. The van der Waals surface area contributed by atoms with Crippen LogP contribution in [0.4, 0.5) is 5.95 Å². The number of nitrogens with one attached hydrogen (secondary N) is 2. The summed E-state index contributed by atoms with van der Waals surface area (Å²) in [6.45, 7) is 4.01. The molecule has 1 heterocycles. The number of rotatable bonds is 8. The van der Waals surface area contributed by atoms with Gasteiger partial charge in [0, 0.05) is 5.56 Å². The molecule has 0 aliphatic heterocycles. The maximum absolute atomic E-state index is 12.3. The number of hydrogen-bond acceptors (Lipinski definition) is 7. The minimum absolute atomic E-state index is 0.0601. The van der Waals surface area contributed by atoms with Gasteiger partial charge in [-0.1, -0.05) is 43.0 Å². The van der Waals surface area contributed by atoms with Crippen molar-refractivity contribution in [2.24, 2.45) is 5.10 Å². The van der Waals surface area contributed by atoms with Gasteiger partial charge in [-0.15, -0.1) is 0 Å². The molecule has 3 aromatic rings. The summed E-state index contributed by atoms with van der Waals surface area (Å²) in [5, 5.41) is 13.5. The molecule has 0 aliphatic carbocycles. The van der Waals surface area contributed by atoms with Crippen molar-refractivity contribution in [2.45, 2.75) is 0 Å². The van der Waals surface area contributed by atoms with Crippen molar-refractivity contribution >= 4 is 34.8 Å². The van der Waals surface area contributed by atoms with Gasteiger partial charge in [-0.25, -0.2) is 10.4 Å². The number of halogens is 1. The molecule has 2 aromatic carbocycles. The van der Waals surface area contributed by atoms with Gasteiger partial charge in [-0.3, -0.25) is 9.78 Å². The first-order chi connectivity index (χ1) is 15.1. The highest BCUT2D eigenvalue weighted by Crippen LogP contribution is 2.33. The number of methoxy groups -OCH3 is 1. The Labute approximate surface area is 192 Å². The van der Waals surface area contributed by atoms with Crippen LogP contribution in [-0.2, 0) is 0 Å². The number of H-pyrrole nitrogens is 1. The van der Waals surface area contributed by atoms with Crippen LogP contribution in [0.2, 0.25) is 0 Å². The fraction of sp³-hybridized carbons (Fsp3) is 0.0909. The molecule has 0 radical (unpaired) electrons. The molecule has 31 heavy (non-hydrogen) atoms. The van der Waals surface area contributed by atoms with E-state index in [1.165, 1.54) is 0 Å². The molecular weight excluding hydrogens is 509 g/mol. The Hall–Kier alpha value is -3.65. The van der Waals surface area contributed by atoms with Gasteiger partial charge in [0.25, 0.3) is 5.56 Å². The zero-order chi connectivity index (χ0) is 22.2. The van der Waals surface area contributed by atoms with Gasteiger partial charge < -0.3 is 9.47 Å². The van der Waals surface area contributed by atoms with Crippen LogP contribution < -0.4 is 20.5 Å². The number of nitrogens with zero attached hydrogens (tertiary/aromatic N) is 3. The topological polar surface area (TPSA) is 112 Å². The van der Waals surface area contributed by atoms with Crippen LogP contribution in [0, 0.1) is 14.9 Å². The first kappa shape index (κ1) is 22.0. The molecule has 0 atom stereocenters. The summed E-state index contributed by atoms with van der Waals surface area (Å²) in [6.07, 6.45) is 3.21. The van der Waals surface area contributed by atoms with E-state index in [-0.39, 0.29) is 17.2 Å². The Kier molecular flexibility index (Phi) is 7.40. The summed E-state index contributed by atoms with van der Waals surface area (Å²) in [5.74, 6) is 1.30. The van der Waals surface area contributed by atoms with Crippen molar-refractivity contribution < 1.29 is 9.47 Å². The van der Waals surface area contributed by atoms with Crippen molar-refractivity contribution in [3.05, 3.63) is 80.2 Å². The lowest BCUT2D eigenvalue weighted by Gasteiger charge is -2.12. The van der Waals surface area contributed by atoms with Gasteiger partial charge >= 0.3 is 0 Å². The lowest BCUT2D eigenvalue weighted by molar-refractivity contribution is 0.324. The number of hydrogen-bond donors (Lipinski definition) is 2. The summed E-state index contributed by atoms with van der Waals surface area (Å²) in [6, 6.07) is 14.6. The fourth-order valence-electron chi connectivity index (χ4n) is 2.70. The molecule has 9 heteroatoms. The molecule has 3 rings (SSSR count). The minimum Gasteiger partial charge on any atom is -0.493 e. The number of aromatic nitrogens is 2. The summed E-state index contributed by atoms with van der Waals surface area (Å²) >= 11 is 2.15. The molecule has 8 nitrogen and oxygen atoms in total. The predicted octanol–water partition coefficient (Wildman–Crippen LogP) is 3.93. The Balaban J connectivity index is 1.87. The van der Waals surface area contributed by atoms with Crippen LogP contribution in [-0.4, -0.2) is 29.9 Å². The Bertz CT molecular complexity index is 1220. The van der Waals surface area contributed by atoms with Gasteiger partial charge in [0.1, 0.15) is 18.2 Å². The molecule has 0 saturated heterocycles. The Morgan fingerprint density at radius 1 is 1.35 bits per heavy atom. The van der Waals surface area contributed by atoms with Crippen molar-refractivity contribution in [1.29, 1.82) is 5.26 Å². The number of benzene rings is 2. The van der Waals surface area contributed by atoms with E-state index in [1.807, 2.05) is 30.3 Å². The van der Waals surface area contributed by atoms with E-state index in [4.69, 9.17) is 9.47 Å². The summed E-state index contributed by atoms with van der Waals surface area (Å²) in [7, 11) is 1.56. The van der Waals surface area contributed by atoms with Crippen molar-refractivity contribution in [2.75, 3.05) is 19.1 Å². The average molecular weight is 527 g/mol. The first-order valence-corrected chi connectivity index (χ1v) is 10.2. The molecule has 0 bridgehead atoms. The number of aromatic amines is 1. The van der Waals surface area contributed by atoms with Gasteiger partial charge in [0.2, 0.25) is 5.95 Å². The van der Waals surface area contributed by atoms with E-state index in [2.05, 4.69) is 49.7 Å². The van der Waals surface area contributed by atoms with Crippen LogP contribution in [0.15, 0.2) is 65.0 Å². The predicted molar refractivity (Wildman–Crippen MR) is 128 cm³/mol. The summed E-state index contributed by atoms with van der Waals surface area (Å²) in [4.78, 5) is 19.2. The maximum atomic E-state index is 12.3. The highest BCUT2D eigenvalue weighted by Gasteiger charge is 2.13. The van der Waals surface area contributed by atoms with Crippen LogP contribution in [0.1, 0.15) is 11.1 Å². The van der Waals surface area contributed by atoms with Crippen LogP contribution in [0.5, 0.6) is 11.5 Å². The van der Waals surface area contributed by atoms with E-state index < -0.39 is 5.56 Å².